The lowest BCUT2D eigenvalue weighted by Crippen LogP contribution is -2.35. The number of nitro groups is 1. The largest absolute Gasteiger partial charge is 0.334 e. The maximum atomic E-state index is 13.2. The highest BCUT2D eigenvalue weighted by atomic mass is 19.1. The fourth-order valence-electron chi connectivity index (χ4n) is 2.09. The summed E-state index contributed by atoms with van der Waals surface area (Å²) in [7, 11) is 0. The van der Waals surface area contributed by atoms with Crippen molar-refractivity contribution in [3.05, 3.63) is 51.3 Å². The van der Waals surface area contributed by atoms with Crippen molar-refractivity contribution in [1.29, 1.82) is 0 Å². The average Bonchev–Trinajstić information content (AvgIpc) is 2.37. The van der Waals surface area contributed by atoms with E-state index in [1.807, 2.05) is 13.0 Å². The van der Waals surface area contributed by atoms with Crippen LogP contribution in [0.5, 0.6) is 0 Å². The van der Waals surface area contributed by atoms with E-state index >= 15 is 0 Å². The molecule has 0 radical (unpaired) electrons. The van der Waals surface area contributed by atoms with Gasteiger partial charge in [0.25, 0.3) is 11.6 Å². The zero-order valence-electron chi connectivity index (χ0n) is 10.4. The molecule has 0 N–H and O–H groups in total. The second kappa shape index (κ2) is 5.17. The fourth-order valence-corrected chi connectivity index (χ4v) is 2.09. The van der Waals surface area contributed by atoms with Gasteiger partial charge in [-0.2, -0.15) is 0 Å². The van der Waals surface area contributed by atoms with Gasteiger partial charge in [0.05, 0.1) is 4.92 Å². The lowest BCUT2D eigenvalue weighted by molar-refractivity contribution is -0.385. The van der Waals surface area contributed by atoms with Crippen LogP contribution in [0, 0.1) is 15.9 Å². The molecule has 0 saturated carbocycles. The molecule has 0 spiro atoms. The summed E-state index contributed by atoms with van der Waals surface area (Å²) in [5.74, 6) is -1.16. The number of nitro benzene ring substituents is 1. The van der Waals surface area contributed by atoms with Gasteiger partial charge in [-0.3, -0.25) is 14.9 Å². The SMILES string of the molecule is CC1=CCCN(C(=O)c2cc(F)ccc2[N+](=O)[O-])C1. The van der Waals surface area contributed by atoms with Crippen molar-refractivity contribution in [2.45, 2.75) is 13.3 Å². The van der Waals surface area contributed by atoms with Gasteiger partial charge in [0, 0.05) is 19.2 Å². The van der Waals surface area contributed by atoms with Crippen molar-refractivity contribution in [2.24, 2.45) is 0 Å². The van der Waals surface area contributed by atoms with E-state index in [0.717, 1.165) is 23.8 Å². The number of nitrogens with zero attached hydrogens (tertiary/aromatic N) is 2. The quantitative estimate of drug-likeness (QED) is 0.468. The molecule has 0 aromatic heterocycles. The fraction of sp³-hybridized carbons (Fsp3) is 0.308. The van der Waals surface area contributed by atoms with E-state index in [9.17, 15) is 19.3 Å². The second-order valence-corrected chi connectivity index (χ2v) is 4.48. The Morgan fingerprint density at radius 1 is 1.47 bits per heavy atom. The van der Waals surface area contributed by atoms with Crippen LogP contribution in [-0.4, -0.2) is 28.8 Å². The van der Waals surface area contributed by atoms with Gasteiger partial charge in [0.15, 0.2) is 0 Å². The summed E-state index contributed by atoms with van der Waals surface area (Å²) in [5.41, 5.74) is 0.469. The van der Waals surface area contributed by atoms with Crippen LogP contribution in [0.2, 0.25) is 0 Å². The number of carbonyl (C=O) groups is 1. The minimum Gasteiger partial charge on any atom is -0.334 e. The standard InChI is InChI=1S/C13H13FN2O3/c1-9-3-2-6-15(8-9)13(17)11-7-10(14)4-5-12(11)16(18)19/h3-5,7H,2,6,8H2,1H3. The highest BCUT2D eigenvalue weighted by molar-refractivity contribution is 5.98. The van der Waals surface area contributed by atoms with Crippen LogP contribution >= 0.6 is 0 Å². The van der Waals surface area contributed by atoms with Crippen LogP contribution in [0.15, 0.2) is 29.8 Å². The first kappa shape index (κ1) is 13.2. The summed E-state index contributed by atoms with van der Waals surface area (Å²) in [4.78, 5) is 24.0. The maximum absolute atomic E-state index is 13.2. The van der Waals surface area contributed by atoms with Crippen molar-refractivity contribution >= 4 is 11.6 Å². The molecule has 1 aliphatic heterocycles. The van der Waals surface area contributed by atoms with E-state index in [1.165, 1.54) is 4.90 Å². The summed E-state index contributed by atoms with van der Waals surface area (Å²) >= 11 is 0. The first-order valence-corrected chi connectivity index (χ1v) is 5.88. The zero-order valence-corrected chi connectivity index (χ0v) is 10.4. The molecule has 2 rings (SSSR count). The number of amides is 1. The molecule has 0 saturated heterocycles. The molecular formula is C13H13FN2O3. The number of carbonyl (C=O) groups excluding carboxylic acids is 1. The van der Waals surface area contributed by atoms with Crippen LogP contribution in [0.3, 0.4) is 0 Å². The highest BCUT2D eigenvalue weighted by Gasteiger charge is 2.26. The molecule has 100 valence electrons. The van der Waals surface area contributed by atoms with Gasteiger partial charge < -0.3 is 4.90 Å². The normalized spacial score (nSPS) is 15.1. The lowest BCUT2D eigenvalue weighted by Gasteiger charge is -2.26. The Labute approximate surface area is 109 Å². The Morgan fingerprint density at radius 3 is 2.84 bits per heavy atom. The highest BCUT2D eigenvalue weighted by Crippen LogP contribution is 2.22. The third kappa shape index (κ3) is 2.78. The minimum atomic E-state index is -0.667. The minimum absolute atomic E-state index is 0.195. The number of benzene rings is 1. The molecule has 1 amide bonds. The smallest absolute Gasteiger partial charge is 0.282 e. The number of rotatable bonds is 2. The monoisotopic (exact) mass is 264 g/mol. The van der Waals surface area contributed by atoms with Crippen LogP contribution in [0.1, 0.15) is 23.7 Å². The Bertz CT molecular complexity index is 569. The van der Waals surface area contributed by atoms with Crippen molar-refractivity contribution < 1.29 is 14.1 Å². The molecule has 0 bridgehead atoms. The van der Waals surface area contributed by atoms with Gasteiger partial charge in [-0.15, -0.1) is 0 Å². The van der Waals surface area contributed by atoms with E-state index in [0.29, 0.717) is 19.5 Å². The molecule has 19 heavy (non-hydrogen) atoms. The molecule has 1 aromatic rings. The van der Waals surface area contributed by atoms with Gasteiger partial charge in [-0.05, 0) is 25.5 Å². The predicted molar refractivity (Wildman–Crippen MR) is 67.3 cm³/mol. The maximum Gasteiger partial charge on any atom is 0.282 e. The molecule has 0 unspecified atom stereocenters. The van der Waals surface area contributed by atoms with Gasteiger partial charge in [0.2, 0.25) is 0 Å². The number of hydrogen-bond donors (Lipinski definition) is 0. The van der Waals surface area contributed by atoms with Crippen molar-refractivity contribution in [3.63, 3.8) is 0 Å². The third-order valence-electron chi connectivity index (χ3n) is 3.00. The second-order valence-electron chi connectivity index (χ2n) is 4.48. The molecule has 1 aromatic carbocycles. The summed E-state index contributed by atoms with van der Waals surface area (Å²) in [6.45, 7) is 2.80. The number of halogens is 1. The van der Waals surface area contributed by atoms with Crippen LogP contribution in [0.4, 0.5) is 10.1 Å². The zero-order chi connectivity index (χ0) is 14.0. The molecule has 6 heteroatoms. The van der Waals surface area contributed by atoms with E-state index in [1.54, 1.807) is 0 Å². The summed E-state index contributed by atoms with van der Waals surface area (Å²) in [6, 6.07) is 2.93. The topological polar surface area (TPSA) is 63.5 Å². The molecular weight excluding hydrogens is 251 g/mol. The summed E-state index contributed by atoms with van der Waals surface area (Å²) in [5, 5.41) is 10.9. The molecule has 0 fully saturated rings. The first-order valence-electron chi connectivity index (χ1n) is 5.88. The van der Waals surface area contributed by atoms with Crippen LogP contribution in [-0.2, 0) is 0 Å². The Kier molecular flexibility index (Phi) is 3.59. The van der Waals surface area contributed by atoms with Crippen molar-refractivity contribution in [1.82, 2.24) is 4.90 Å². The molecule has 1 heterocycles. The van der Waals surface area contributed by atoms with Crippen LogP contribution < -0.4 is 0 Å². The van der Waals surface area contributed by atoms with E-state index in [4.69, 9.17) is 0 Å². The first-order chi connectivity index (χ1) is 8.99. The van der Waals surface area contributed by atoms with Crippen molar-refractivity contribution in [3.8, 4) is 0 Å². The van der Waals surface area contributed by atoms with E-state index in [-0.39, 0.29) is 11.3 Å². The molecule has 0 atom stereocenters. The molecule has 0 aliphatic carbocycles. The summed E-state index contributed by atoms with van der Waals surface area (Å²) < 4.78 is 13.2. The average molecular weight is 264 g/mol. The Morgan fingerprint density at radius 2 is 2.21 bits per heavy atom. The van der Waals surface area contributed by atoms with Gasteiger partial charge in [-0.25, -0.2) is 4.39 Å². The Hall–Kier alpha value is -2.24. The molecule has 5 nitrogen and oxygen atoms in total. The molecule has 1 aliphatic rings. The predicted octanol–water partition coefficient (Wildman–Crippen LogP) is 2.53. The third-order valence-corrected chi connectivity index (χ3v) is 3.00. The van der Waals surface area contributed by atoms with Gasteiger partial charge in [-0.1, -0.05) is 11.6 Å². The lowest BCUT2D eigenvalue weighted by atomic mass is 10.1. The van der Waals surface area contributed by atoms with Crippen molar-refractivity contribution in [2.75, 3.05) is 13.1 Å². The van der Waals surface area contributed by atoms with Crippen LogP contribution in [0.25, 0.3) is 0 Å². The summed E-state index contributed by atoms with van der Waals surface area (Å²) in [6.07, 6.45) is 2.73. The van der Waals surface area contributed by atoms with Gasteiger partial charge >= 0.3 is 0 Å². The van der Waals surface area contributed by atoms with E-state index < -0.39 is 16.6 Å². The van der Waals surface area contributed by atoms with Gasteiger partial charge in [0.1, 0.15) is 11.4 Å². The van der Waals surface area contributed by atoms with E-state index in [2.05, 4.69) is 0 Å². The number of hydrogen-bond acceptors (Lipinski definition) is 3. The Balaban J connectivity index is 2.35.